The van der Waals surface area contributed by atoms with Gasteiger partial charge in [-0.1, -0.05) is 6.92 Å². The first kappa shape index (κ1) is 13.3. The zero-order valence-corrected chi connectivity index (χ0v) is 11.0. The molecule has 1 saturated carbocycles. The zero-order chi connectivity index (χ0) is 12.1. The molecule has 4 heteroatoms. The fraction of sp³-hybridized carbons (Fsp3) is 1.00. The highest BCUT2D eigenvalue weighted by Crippen LogP contribution is 2.33. The molecule has 2 N–H and O–H groups in total. The Balaban J connectivity index is 1.87. The van der Waals surface area contributed by atoms with Crippen LogP contribution in [0.2, 0.25) is 0 Å². The van der Waals surface area contributed by atoms with Gasteiger partial charge in [-0.3, -0.25) is 4.90 Å². The van der Waals surface area contributed by atoms with Crippen LogP contribution in [-0.4, -0.2) is 61.0 Å². The Labute approximate surface area is 104 Å². The molecule has 2 aliphatic rings. The van der Waals surface area contributed by atoms with E-state index in [1.54, 1.807) is 0 Å². The lowest BCUT2D eigenvalue weighted by molar-refractivity contribution is 0.0151. The predicted octanol–water partition coefficient (Wildman–Crippen LogP) is 0.602. The monoisotopic (exact) mass is 242 g/mol. The molecule has 4 nitrogen and oxygen atoms in total. The van der Waals surface area contributed by atoms with Gasteiger partial charge in [0.2, 0.25) is 0 Å². The summed E-state index contributed by atoms with van der Waals surface area (Å²) in [6.45, 7) is 7.30. The van der Waals surface area contributed by atoms with Gasteiger partial charge in [0, 0.05) is 24.7 Å². The van der Waals surface area contributed by atoms with Crippen LogP contribution in [0.25, 0.3) is 0 Å². The van der Waals surface area contributed by atoms with Crippen molar-refractivity contribution in [2.75, 3.05) is 39.5 Å². The highest BCUT2D eigenvalue weighted by atomic mass is 16.5. The zero-order valence-electron chi connectivity index (χ0n) is 11.0. The summed E-state index contributed by atoms with van der Waals surface area (Å²) in [6.07, 6.45) is 4.52. The Hall–Kier alpha value is -0.160. The molecule has 0 bridgehead atoms. The lowest BCUT2D eigenvalue weighted by Gasteiger charge is -2.34. The van der Waals surface area contributed by atoms with Crippen molar-refractivity contribution in [3.63, 3.8) is 0 Å². The number of rotatable bonds is 5. The van der Waals surface area contributed by atoms with Gasteiger partial charge in [0.15, 0.2) is 0 Å². The number of ether oxygens (including phenoxy) is 1. The van der Waals surface area contributed by atoms with Crippen LogP contribution in [0.4, 0.5) is 0 Å². The smallest absolute Gasteiger partial charge is 0.0613 e. The highest BCUT2D eigenvalue weighted by molar-refractivity contribution is 4.99. The molecule has 2 atom stereocenters. The molecule has 2 fully saturated rings. The molecule has 0 spiro atoms. The first-order valence-electron chi connectivity index (χ1n) is 6.97. The molecule has 2 unspecified atom stereocenters. The van der Waals surface area contributed by atoms with Crippen molar-refractivity contribution < 1.29 is 9.84 Å². The van der Waals surface area contributed by atoms with Crippen LogP contribution in [0, 0.1) is 0 Å². The number of hydrogen-bond donors (Lipinski definition) is 2. The van der Waals surface area contributed by atoms with E-state index in [0.29, 0.717) is 6.04 Å². The Bertz CT molecular complexity index is 231. The maximum Gasteiger partial charge on any atom is 0.0613 e. The topological polar surface area (TPSA) is 44.7 Å². The van der Waals surface area contributed by atoms with Gasteiger partial charge in [-0.15, -0.1) is 0 Å². The second-order valence-corrected chi connectivity index (χ2v) is 5.41. The van der Waals surface area contributed by atoms with Gasteiger partial charge in [0.1, 0.15) is 0 Å². The average molecular weight is 242 g/mol. The molecule has 0 aromatic rings. The minimum atomic E-state index is -0.0149. The number of hydrogen-bond acceptors (Lipinski definition) is 4. The van der Waals surface area contributed by atoms with Crippen LogP contribution in [0.5, 0.6) is 0 Å². The van der Waals surface area contributed by atoms with Crippen molar-refractivity contribution in [1.82, 2.24) is 10.2 Å². The largest absolute Gasteiger partial charge is 0.394 e. The van der Waals surface area contributed by atoms with E-state index < -0.39 is 0 Å². The third kappa shape index (κ3) is 3.19. The van der Waals surface area contributed by atoms with E-state index in [1.165, 1.54) is 6.42 Å². The Morgan fingerprint density at radius 2 is 2.18 bits per heavy atom. The van der Waals surface area contributed by atoms with Crippen molar-refractivity contribution in [2.24, 2.45) is 0 Å². The third-order valence-electron chi connectivity index (χ3n) is 4.20. The molecule has 1 heterocycles. The fourth-order valence-corrected chi connectivity index (χ4v) is 3.10. The van der Waals surface area contributed by atoms with E-state index in [-0.39, 0.29) is 12.1 Å². The second kappa shape index (κ2) is 6.14. The van der Waals surface area contributed by atoms with Crippen molar-refractivity contribution in [3.8, 4) is 0 Å². The molecule has 0 aromatic carbocycles. The van der Waals surface area contributed by atoms with Crippen molar-refractivity contribution in [2.45, 2.75) is 44.2 Å². The van der Waals surface area contributed by atoms with Crippen LogP contribution in [-0.2, 0) is 4.74 Å². The minimum absolute atomic E-state index is 0.0149. The lowest BCUT2D eigenvalue weighted by atomic mass is 9.98. The van der Waals surface area contributed by atoms with Crippen LogP contribution in [0.1, 0.15) is 32.6 Å². The Morgan fingerprint density at radius 3 is 2.82 bits per heavy atom. The summed E-state index contributed by atoms with van der Waals surface area (Å²) < 4.78 is 5.40. The summed E-state index contributed by atoms with van der Waals surface area (Å²) in [4.78, 5) is 2.54. The van der Waals surface area contributed by atoms with E-state index in [2.05, 4.69) is 17.1 Å². The van der Waals surface area contributed by atoms with Gasteiger partial charge in [0.05, 0.1) is 19.8 Å². The van der Waals surface area contributed by atoms with Gasteiger partial charge >= 0.3 is 0 Å². The molecule has 0 amide bonds. The van der Waals surface area contributed by atoms with Crippen molar-refractivity contribution in [1.29, 1.82) is 0 Å². The number of morpholine rings is 1. The second-order valence-electron chi connectivity index (χ2n) is 5.41. The van der Waals surface area contributed by atoms with E-state index >= 15 is 0 Å². The summed E-state index contributed by atoms with van der Waals surface area (Å²) in [5.74, 6) is 0. The maximum atomic E-state index is 9.65. The first-order valence-corrected chi connectivity index (χ1v) is 6.97. The SMILES string of the molecule is CCCNC1(CO)CCC(N2CCOCC2)C1. The third-order valence-corrected chi connectivity index (χ3v) is 4.20. The van der Waals surface area contributed by atoms with Crippen LogP contribution in [0.15, 0.2) is 0 Å². The summed E-state index contributed by atoms with van der Waals surface area (Å²) in [6, 6.07) is 0.635. The number of nitrogens with one attached hydrogen (secondary N) is 1. The molecule has 1 saturated heterocycles. The number of aliphatic hydroxyl groups excluding tert-OH is 1. The first-order chi connectivity index (χ1) is 8.29. The molecular formula is C13H26N2O2. The van der Waals surface area contributed by atoms with E-state index in [9.17, 15) is 5.11 Å². The Kier molecular flexibility index (Phi) is 4.79. The minimum Gasteiger partial charge on any atom is -0.394 e. The lowest BCUT2D eigenvalue weighted by Crippen LogP contribution is -2.49. The molecule has 1 aliphatic carbocycles. The molecule has 0 aromatic heterocycles. The van der Waals surface area contributed by atoms with Crippen molar-refractivity contribution >= 4 is 0 Å². The van der Waals surface area contributed by atoms with E-state index in [4.69, 9.17) is 4.74 Å². The van der Waals surface area contributed by atoms with Gasteiger partial charge in [0.25, 0.3) is 0 Å². The summed E-state index contributed by atoms with van der Waals surface area (Å²) in [5.41, 5.74) is -0.0149. The van der Waals surface area contributed by atoms with Gasteiger partial charge in [-0.25, -0.2) is 0 Å². The maximum absolute atomic E-state index is 9.65. The summed E-state index contributed by atoms with van der Waals surface area (Å²) >= 11 is 0. The fourth-order valence-electron chi connectivity index (χ4n) is 3.10. The predicted molar refractivity (Wildman–Crippen MR) is 68.1 cm³/mol. The summed E-state index contributed by atoms with van der Waals surface area (Å²) in [5, 5.41) is 13.2. The van der Waals surface area contributed by atoms with Crippen molar-refractivity contribution in [3.05, 3.63) is 0 Å². The number of nitrogens with zero attached hydrogens (tertiary/aromatic N) is 1. The Morgan fingerprint density at radius 1 is 1.41 bits per heavy atom. The molecule has 17 heavy (non-hydrogen) atoms. The normalized spacial score (nSPS) is 35.3. The van der Waals surface area contributed by atoms with Gasteiger partial charge in [-0.2, -0.15) is 0 Å². The molecule has 100 valence electrons. The van der Waals surface area contributed by atoms with Crippen LogP contribution in [0.3, 0.4) is 0 Å². The highest BCUT2D eigenvalue weighted by Gasteiger charge is 2.40. The molecule has 2 rings (SSSR count). The molecule has 0 radical (unpaired) electrons. The average Bonchev–Trinajstić information content (AvgIpc) is 2.83. The quantitative estimate of drug-likeness (QED) is 0.741. The van der Waals surface area contributed by atoms with Gasteiger partial charge in [-0.05, 0) is 32.2 Å². The summed E-state index contributed by atoms with van der Waals surface area (Å²) in [7, 11) is 0. The molecular weight excluding hydrogens is 216 g/mol. The van der Waals surface area contributed by atoms with Crippen LogP contribution >= 0.6 is 0 Å². The van der Waals surface area contributed by atoms with Crippen LogP contribution < -0.4 is 5.32 Å². The molecule has 1 aliphatic heterocycles. The van der Waals surface area contributed by atoms with E-state index in [0.717, 1.165) is 52.1 Å². The van der Waals surface area contributed by atoms with E-state index in [1.807, 2.05) is 0 Å². The number of aliphatic hydroxyl groups is 1. The van der Waals surface area contributed by atoms with Gasteiger partial charge < -0.3 is 15.2 Å². The standard InChI is InChI=1S/C13H26N2O2/c1-2-5-14-13(11-16)4-3-12(10-13)15-6-8-17-9-7-15/h12,14,16H,2-11H2,1H3.